The molecule has 4 aromatic rings. The van der Waals surface area contributed by atoms with E-state index in [1.807, 2.05) is 30.5 Å². The number of hydrogen-bond donors (Lipinski definition) is 0. The molecular formula is C19H16Cl2N4O2S2. The summed E-state index contributed by atoms with van der Waals surface area (Å²) in [6, 6.07) is 7.48. The Kier molecular flexibility index (Phi) is 6.15. The van der Waals surface area contributed by atoms with Gasteiger partial charge in [0.05, 0.1) is 29.5 Å². The molecule has 10 heteroatoms. The highest BCUT2D eigenvalue weighted by Gasteiger charge is 2.13. The molecule has 0 aliphatic rings. The van der Waals surface area contributed by atoms with Gasteiger partial charge in [0.2, 0.25) is 0 Å². The third-order valence-corrected chi connectivity index (χ3v) is 6.41. The molecule has 6 nitrogen and oxygen atoms in total. The molecule has 0 saturated heterocycles. The molecule has 3 aromatic heterocycles. The third kappa shape index (κ3) is 4.30. The van der Waals surface area contributed by atoms with Gasteiger partial charge < -0.3 is 9.47 Å². The highest BCUT2D eigenvalue weighted by molar-refractivity contribution is 7.98. The van der Waals surface area contributed by atoms with Crippen molar-refractivity contribution in [1.29, 1.82) is 0 Å². The van der Waals surface area contributed by atoms with E-state index < -0.39 is 0 Å². The van der Waals surface area contributed by atoms with Crippen molar-refractivity contribution >= 4 is 51.9 Å². The zero-order valence-corrected chi connectivity index (χ0v) is 18.7. The summed E-state index contributed by atoms with van der Waals surface area (Å²) in [7, 11) is 1.63. The Balaban J connectivity index is 1.52. The largest absolute Gasteiger partial charge is 0.493 e. The first-order valence-electron chi connectivity index (χ1n) is 8.67. The average Bonchev–Trinajstić information content (AvgIpc) is 3.34. The summed E-state index contributed by atoms with van der Waals surface area (Å²) in [5, 5.41) is 13.0. The summed E-state index contributed by atoms with van der Waals surface area (Å²) in [6.45, 7) is 2.53. The topological polar surface area (TPSA) is 61.5 Å². The maximum Gasteiger partial charge on any atom is 0.196 e. The van der Waals surface area contributed by atoms with Crippen LogP contribution in [0.3, 0.4) is 0 Å². The first-order valence-corrected chi connectivity index (χ1v) is 11.3. The van der Waals surface area contributed by atoms with Gasteiger partial charge in [-0.25, -0.2) is 4.98 Å². The average molecular weight is 467 g/mol. The van der Waals surface area contributed by atoms with Crippen molar-refractivity contribution in [3.8, 4) is 22.1 Å². The lowest BCUT2D eigenvalue weighted by molar-refractivity contribution is 0.311. The van der Waals surface area contributed by atoms with Gasteiger partial charge >= 0.3 is 0 Å². The van der Waals surface area contributed by atoms with Crippen molar-refractivity contribution in [2.45, 2.75) is 17.8 Å². The number of aromatic nitrogens is 4. The number of fused-ring (bicyclic) bond motifs is 1. The SMILES string of the molecule is CCOc1ccc(-c2nc(CSc3nnc4c(Cl)cc(Cl)cn34)cs2)cc1OC. The fourth-order valence-corrected chi connectivity index (χ4v) is 4.95. The van der Waals surface area contributed by atoms with Crippen LogP contribution in [0.1, 0.15) is 12.6 Å². The second kappa shape index (κ2) is 8.79. The van der Waals surface area contributed by atoms with Crippen molar-refractivity contribution < 1.29 is 9.47 Å². The van der Waals surface area contributed by atoms with Crippen LogP contribution in [0.15, 0.2) is 41.0 Å². The molecule has 29 heavy (non-hydrogen) atoms. The van der Waals surface area contributed by atoms with Crippen LogP contribution in [0.25, 0.3) is 16.2 Å². The Hall–Kier alpha value is -2.00. The van der Waals surface area contributed by atoms with Crippen molar-refractivity contribution in [2.75, 3.05) is 13.7 Å². The van der Waals surface area contributed by atoms with Crippen LogP contribution in [0, 0.1) is 0 Å². The van der Waals surface area contributed by atoms with Crippen molar-refractivity contribution in [3.05, 3.63) is 51.6 Å². The standard InChI is InChI=1S/C19H16Cl2N4O2S2/c1-3-27-15-5-4-11(6-16(15)26-2)18-22-13(9-28-18)10-29-19-24-23-17-14(21)7-12(20)8-25(17)19/h4-9H,3,10H2,1-2H3. The summed E-state index contributed by atoms with van der Waals surface area (Å²) < 4.78 is 12.8. The molecule has 0 unspecified atom stereocenters. The van der Waals surface area contributed by atoms with Crippen LogP contribution in [0.4, 0.5) is 0 Å². The zero-order valence-electron chi connectivity index (χ0n) is 15.6. The predicted molar refractivity (Wildman–Crippen MR) is 118 cm³/mol. The lowest BCUT2D eigenvalue weighted by Crippen LogP contribution is -1.95. The second-order valence-corrected chi connectivity index (χ2v) is 8.56. The molecule has 3 heterocycles. The monoisotopic (exact) mass is 466 g/mol. The number of methoxy groups -OCH3 is 1. The summed E-state index contributed by atoms with van der Waals surface area (Å²) in [5.41, 5.74) is 2.52. The Morgan fingerprint density at radius 3 is 2.83 bits per heavy atom. The van der Waals surface area contributed by atoms with Gasteiger partial charge in [-0.15, -0.1) is 21.5 Å². The maximum atomic E-state index is 6.17. The van der Waals surface area contributed by atoms with Gasteiger partial charge in [0, 0.05) is 22.9 Å². The van der Waals surface area contributed by atoms with Gasteiger partial charge in [-0.3, -0.25) is 4.40 Å². The molecule has 0 saturated carbocycles. The minimum absolute atomic E-state index is 0.470. The number of hydrogen-bond acceptors (Lipinski definition) is 7. The predicted octanol–water partition coefficient (Wildman–Crippen LogP) is 5.86. The number of thioether (sulfide) groups is 1. The van der Waals surface area contributed by atoms with Crippen molar-refractivity contribution in [2.24, 2.45) is 0 Å². The first kappa shape index (κ1) is 20.3. The molecule has 150 valence electrons. The number of pyridine rings is 1. The summed E-state index contributed by atoms with van der Waals surface area (Å²) in [4.78, 5) is 4.74. The maximum absolute atomic E-state index is 6.17. The summed E-state index contributed by atoms with van der Waals surface area (Å²) >= 11 is 15.4. The van der Waals surface area contributed by atoms with Gasteiger partial charge in [0.15, 0.2) is 22.3 Å². The molecule has 0 radical (unpaired) electrons. The highest BCUT2D eigenvalue weighted by atomic mass is 35.5. The summed E-state index contributed by atoms with van der Waals surface area (Å²) in [6.07, 6.45) is 1.75. The van der Waals surface area contributed by atoms with E-state index in [-0.39, 0.29) is 0 Å². The smallest absolute Gasteiger partial charge is 0.196 e. The lowest BCUT2D eigenvalue weighted by Gasteiger charge is -2.09. The molecule has 0 bridgehead atoms. The fraction of sp³-hybridized carbons (Fsp3) is 0.211. The molecule has 0 N–H and O–H groups in total. The molecule has 0 fully saturated rings. The van der Waals surface area contributed by atoms with Crippen molar-refractivity contribution in [3.63, 3.8) is 0 Å². The van der Waals surface area contributed by atoms with Crippen LogP contribution in [0.5, 0.6) is 11.5 Å². The number of ether oxygens (including phenoxy) is 2. The van der Waals surface area contributed by atoms with Gasteiger partial charge in [0.25, 0.3) is 0 Å². The Morgan fingerprint density at radius 1 is 1.17 bits per heavy atom. The molecule has 0 amide bonds. The number of nitrogens with zero attached hydrogens (tertiary/aromatic N) is 4. The Morgan fingerprint density at radius 2 is 2.03 bits per heavy atom. The Bertz CT molecular complexity index is 1160. The van der Waals surface area contributed by atoms with Gasteiger partial charge in [0.1, 0.15) is 5.01 Å². The van der Waals surface area contributed by atoms with E-state index in [4.69, 9.17) is 37.7 Å². The quantitative estimate of drug-likeness (QED) is 0.318. The molecule has 0 aliphatic carbocycles. The molecule has 0 spiro atoms. The minimum Gasteiger partial charge on any atom is -0.493 e. The zero-order chi connectivity index (χ0) is 20.4. The van der Waals surface area contributed by atoms with Crippen LogP contribution >= 0.6 is 46.3 Å². The van der Waals surface area contributed by atoms with Gasteiger partial charge in [-0.2, -0.15) is 0 Å². The van der Waals surface area contributed by atoms with E-state index >= 15 is 0 Å². The van der Waals surface area contributed by atoms with E-state index in [1.54, 1.807) is 35.1 Å². The third-order valence-electron chi connectivity index (χ3n) is 4.01. The number of halogens is 2. The minimum atomic E-state index is 0.470. The van der Waals surface area contributed by atoms with Crippen LogP contribution < -0.4 is 9.47 Å². The van der Waals surface area contributed by atoms with E-state index in [0.717, 1.165) is 22.0 Å². The molecule has 4 rings (SSSR count). The molecular weight excluding hydrogens is 451 g/mol. The van der Waals surface area contributed by atoms with E-state index in [0.29, 0.717) is 39.0 Å². The lowest BCUT2D eigenvalue weighted by atomic mass is 10.2. The van der Waals surface area contributed by atoms with E-state index in [1.165, 1.54) is 11.8 Å². The van der Waals surface area contributed by atoms with Crippen LogP contribution in [-0.2, 0) is 5.75 Å². The van der Waals surface area contributed by atoms with Gasteiger partial charge in [-0.05, 0) is 31.2 Å². The van der Waals surface area contributed by atoms with E-state index in [9.17, 15) is 0 Å². The van der Waals surface area contributed by atoms with Gasteiger partial charge in [-0.1, -0.05) is 35.0 Å². The normalized spacial score (nSPS) is 11.2. The second-order valence-electron chi connectivity index (χ2n) is 5.91. The molecule has 0 atom stereocenters. The summed E-state index contributed by atoms with van der Waals surface area (Å²) in [5.74, 6) is 2.07. The first-order chi connectivity index (χ1) is 14.1. The number of thiazole rings is 1. The van der Waals surface area contributed by atoms with E-state index in [2.05, 4.69) is 10.2 Å². The molecule has 1 aromatic carbocycles. The van der Waals surface area contributed by atoms with Crippen molar-refractivity contribution in [1.82, 2.24) is 19.6 Å². The number of rotatable bonds is 7. The fourth-order valence-electron chi connectivity index (χ4n) is 2.72. The number of benzene rings is 1. The highest BCUT2D eigenvalue weighted by Crippen LogP contribution is 2.35. The Labute approximate surface area is 185 Å². The van der Waals surface area contributed by atoms with Crippen LogP contribution in [-0.4, -0.2) is 33.3 Å². The molecule has 0 aliphatic heterocycles. The van der Waals surface area contributed by atoms with Crippen LogP contribution in [0.2, 0.25) is 10.0 Å².